The van der Waals surface area contributed by atoms with Gasteiger partial charge in [-0.3, -0.25) is 14.4 Å². The van der Waals surface area contributed by atoms with E-state index in [1.165, 1.54) is 6.42 Å². The van der Waals surface area contributed by atoms with E-state index in [0.717, 1.165) is 19.3 Å². The van der Waals surface area contributed by atoms with Crippen LogP contribution < -0.4 is 0 Å². The molecular formula is C38H65NO5Si2. The first-order valence-electron chi connectivity index (χ1n) is 18.6. The van der Waals surface area contributed by atoms with Gasteiger partial charge in [0.1, 0.15) is 5.92 Å². The standard InChI is InChI=1S/C38H65NO5Si2/c1-23(2)45(24(3)4,25(5)6)43-37(42)33-20-21-39-36(41)32(22-38(33,39)44-46(26(7)8,27(9)10)28(11)12)35(40)34-29(13)18-19-30-16-14-15-17-31(30)34/h18-19,22-31,33-34H,14-17,20-21H2,1-13H3/t29-,30+,31-,33-,34-,38-/m0/s1. The van der Waals surface area contributed by atoms with Gasteiger partial charge in [0.25, 0.3) is 14.2 Å². The Morgan fingerprint density at radius 1 is 0.783 bits per heavy atom. The second-order valence-electron chi connectivity index (χ2n) is 17.0. The molecule has 0 aromatic rings. The van der Waals surface area contributed by atoms with Crippen molar-refractivity contribution in [2.75, 3.05) is 6.54 Å². The highest BCUT2D eigenvalue weighted by molar-refractivity contribution is 6.79. The summed E-state index contributed by atoms with van der Waals surface area (Å²) in [6, 6.07) is 0. The summed E-state index contributed by atoms with van der Waals surface area (Å²) >= 11 is 0. The molecule has 1 saturated carbocycles. The Morgan fingerprint density at radius 2 is 1.30 bits per heavy atom. The third kappa shape index (κ3) is 5.88. The predicted molar refractivity (Wildman–Crippen MR) is 192 cm³/mol. The average molecular weight is 672 g/mol. The summed E-state index contributed by atoms with van der Waals surface area (Å²) in [7, 11) is -5.19. The molecule has 0 bridgehead atoms. The lowest BCUT2D eigenvalue weighted by Gasteiger charge is -2.50. The van der Waals surface area contributed by atoms with Gasteiger partial charge in [-0.1, -0.05) is 115 Å². The van der Waals surface area contributed by atoms with Crippen molar-refractivity contribution in [3.05, 3.63) is 23.8 Å². The Balaban J connectivity index is 1.87. The van der Waals surface area contributed by atoms with Crippen molar-refractivity contribution in [2.45, 2.75) is 161 Å². The van der Waals surface area contributed by atoms with Crippen molar-refractivity contribution in [3.8, 4) is 0 Å². The highest BCUT2D eigenvalue weighted by Crippen LogP contribution is 2.54. The van der Waals surface area contributed by atoms with E-state index in [1.54, 1.807) is 4.90 Å². The van der Waals surface area contributed by atoms with Crippen LogP contribution in [-0.4, -0.2) is 51.5 Å². The van der Waals surface area contributed by atoms with Crippen molar-refractivity contribution in [1.82, 2.24) is 4.90 Å². The summed E-state index contributed by atoms with van der Waals surface area (Å²) in [5.41, 5.74) is 0.391. The van der Waals surface area contributed by atoms with Gasteiger partial charge in [0, 0.05) is 12.5 Å². The molecule has 0 N–H and O–H groups in total. The summed E-state index contributed by atoms with van der Waals surface area (Å²) in [5, 5.41) is 0. The average Bonchev–Trinajstić information content (AvgIpc) is 3.47. The molecule has 4 rings (SSSR count). The van der Waals surface area contributed by atoms with Crippen LogP contribution in [0.25, 0.3) is 0 Å². The van der Waals surface area contributed by atoms with Gasteiger partial charge in [-0.05, 0) is 76.3 Å². The molecule has 0 aromatic carbocycles. The van der Waals surface area contributed by atoms with Crippen LogP contribution in [0.15, 0.2) is 23.8 Å². The first-order valence-corrected chi connectivity index (χ1v) is 22.9. The fraction of sp³-hybridized carbons (Fsp3) is 0.816. The Bertz CT molecular complexity index is 1180. The summed E-state index contributed by atoms with van der Waals surface area (Å²) in [6.45, 7) is 29.0. The number of ketones is 1. The molecular weight excluding hydrogens is 607 g/mol. The molecule has 0 spiro atoms. The first-order chi connectivity index (χ1) is 21.4. The van der Waals surface area contributed by atoms with Gasteiger partial charge >= 0.3 is 5.97 Å². The number of allylic oxidation sites excluding steroid dienone is 2. The van der Waals surface area contributed by atoms with Crippen molar-refractivity contribution in [3.63, 3.8) is 0 Å². The van der Waals surface area contributed by atoms with Crippen LogP contribution in [0.2, 0.25) is 33.2 Å². The fourth-order valence-corrected chi connectivity index (χ4v) is 21.6. The van der Waals surface area contributed by atoms with E-state index in [2.05, 4.69) is 102 Å². The van der Waals surface area contributed by atoms with Crippen molar-refractivity contribution < 1.29 is 23.2 Å². The molecule has 260 valence electrons. The third-order valence-electron chi connectivity index (χ3n) is 12.8. The number of hydrogen-bond donors (Lipinski definition) is 0. The summed E-state index contributed by atoms with van der Waals surface area (Å²) in [5.74, 6) is -0.723. The van der Waals surface area contributed by atoms with E-state index in [-0.39, 0.29) is 74.2 Å². The van der Waals surface area contributed by atoms with Crippen LogP contribution in [0.3, 0.4) is 0 Å². The van der Waals surface area contributed by atoms with Crippen LogP contribution in [-0.2, 0) is 23.2 Å². The first kappa shape index (κ1) is 37.3. The number of rotatable bonds is 12. The fourth-order valence-electron chi connectivity index (χ4n) is 10.8. The van der Waals surface area contributed by atoms with E-state index in [1.807, 2.05) is 6.08 Å². The summed E-state index contributed by atoms with van der Waals surface area (Å²) < 4.78 is 14.5. The smallest absolute Gasteiger partial charge is 0.300 e. The van der Waals surface area contributed by atoms with Crippen LogP contribution >= 0.6 is 0 Å². The van der Waals surface area contributed by atoms with E-state index in [4.69, 9.17) is 8.85 Å². The van der Waals surface area contributed by atoms with E-state index < -0.39 is 28.3 Å². The van der Waals surface area contributed by atoms with Crippen molar-refractivity contribution in [2.24, 2.45) is 29.6 Å². The molecule has 2 fully saturated rings. The minimum absolute atomic E-state index is 0.0515. The summed E-state index contributed by atoms with van der Waals surface area (Å²) in [4.78, 5) is 45.7. The van der Waals surface area contributed by atoms with Gasteiger partial charge in [0.2, 0.25) is 8.32 Å². The van der Waals surface area contributed by atoms with Gasteiger partial charge in [0.05, 0.1) is 5.57 Å². The molecule has 1 saturated heterocycles. The molecule has 2 aliphatic carbocycles. The largest absolute Gasteiger partial charge is 0.518 e. The zero-order chi connectivity index (χ0) is 34.5. The Kier molecular flexibility index (Phi) is 11.2. The van der Waals surface area contributed by atoms with Gasteiger partial charge < -0.3 is 13.8 Å². The lowest BCUT2D eigenvalue weighted by Crippen LogP contribution is -2.61. The number of hydrogen-bond acceptors (Lipinski definition) is 5. The quantitative estimate of drug-likeness (QED) is 0.117. The molecule has 6 nitrogen and oxygen atoms in total. The molecule has 46 heavy (non-hydrogen) atoms. The molecule has 2 heterocycles. The maximum atomic E-state index is 14.7. The highest BCUT2D eigenvalue weighted by atomic mass is 28.4. The number of fused-ring (bicyclic) bond motifs is 2. The molecule has 0 aromatic heterocycles. The maximum absolute atomic E-state index is 14.7. The summed E-state index contributed by atoms with van der Waals surface area (Å²) in [6.07, 6.45) is 11.3. The van der Waals surface area contributed by atoms with E-state index in [9.17, 15) is 14.4 Å². The van der Waals surface area contributed by atoms with Crippen molar-refractivity contribution >= 4 is 34.3 Å². The number of carbonyl (C=O) groups is 3. The maximum Gasteiger partial charge on any atom is 0.300 e. The molecule has 0 radical (unpaired) electrons. The van der Waals surface area contributed by atoms with Gasteiger partial charge in [0.15, 0.2) is 11.5 Å². The second kappa shape index (κ2) is 13.8. The SMILES string of the molecule is CC(C)[Si](OC(=O)[C@@H]1CCN2C(=O)C(C(=O)[C@@H]3[C@H]4CCCC[C@@H]4C=C[C@@H]3C)=C[C@]12O[Si](C(C)C)(C(C)C)C(C)C)(C(C)C)C(C)C. The molecule has 4 aliphatic rings. The molecule has 2 aliphatic heterocycles. The molecule has 1 amide bonds. The second-order valence-corrected chi connectivity index (χ2v) is 27.8. The molecule has 8 heteroatoms. The molecule has 6 atom stereocenters. The predicted octanol–water partition coefficient (Wildman–Crippen LogP) is 9.58. The third-order valence-corrected chi connectivity index (χ3v) is 24.9. The number of amides is 1. The lowest BCUT2D eigenvalue weighted by molar-refractivity contribution is -0.153. The number of nitrogens with zero attached hydrogens (tertiary/aromatic N) is 1. The molecule has 0 unspecified atom stereocenters. The van der Waals surface area contributed by atoms with Crippen LogP contribution in [0, 0.1) is 29.6 Å². The van der Waals surface area contributed by atoms with Gasteiger partial charge in [-0.15, -0.1) is 0 Å². The zero-order valence-electron chi connectivity index (χ0n) is 31.3. The Morgan fingerprint density at radius 3 is 1.83 bits per heavy atom. The van der Waals surface area contributed by atoms with Gasteiger partial charge in [-0.25, -0.2) is 0 Å². The monoisotopic (exact) mass is 671 g/mol. The minimum Gasteiger partial charge on any atom is -0.518 e. The normalized spacial score (nSPS) is 30.2. The highest BCUT2D eigenvalue weighted by Gasteiger charge is 2.65. The topological polar surface area (TPSA) is 72.9 Å². The van der Waals surface area contributed by atoms with Crippen LogP contribution in [0.4, 0.5) is 0 Å². The minimum atomic E-state index is -2.63. The van der Waals surface area contributed by atoms with Crippen LogP contribution in [0.1, 0.15) is 122 Å². The Hall–Kier alpha value is -1.52. The van der Waals surface area contributed by atoms with Crippen molar-refractivity contribution in [1.29, 1.82) is 0 Å². The van der Waals surface area contributed by atoms with Gasteiger partial charge in [-0.2, -0.15) is 0 Å². The zero-order valence-corrected chi connectivity index (χ0v) is 33.3. The van der Waals surface area contributed by atoms with E-state index in [0.29, 0.717) is 18.9 Å². The van der Waals surface area contributed by atoms with Crippen LogP contribution in [0.5, 0.6) is 0 Å². The van der Waals surface area contributed by atoms with E-state index >= 15 is 0 Å². The number of carbonyl (C=O) groups excluding carboxylic acids is 3. The lowest BCUT2D eigenvalue weighted by atomic mass is 9.63. The number of Topliss-reactive ketones (excluding diaryl/α,β-unsaturated/α-hetero) is 1. The Labute approximate surface area is 282 Å².